The molecule has 0 unspecified atom stereocenters. The fraction of sp³-hybridized carbons (Fsp3) is 0.800. The van der Waals surface area contributed by atoms with Crippen molar-refractivity contribution in [1.82, 2.24) is 0 Å². The lowest BCUT2D eigenvalue weighted by Crippen LogP contribution is -2.49. The van der Waals surface area contributed by atoms with Crippen molar-refractivity contribution < 1.29 is 19.1 Å². The Bertz CT molecular complexity index is 811. The van der Waals surface area contributed by atoms with Gasteiger partial charge in [-0.2, -0.15) is 0 Å². The van der Waals surface area contributed by atoms with Crippen molar-refractivity contribution in [2.45, 2.75) is 156 Å². The maximum absolute atomic E-state index is 10.6. The number of unbranched alkanes of at least 4 members (excludes halogenated alkanes) is 6. The summed E-state index contributed by atoms with van der Waals surface area (Å²) in [6, 6.07) is 4.70. The Labute approximate surface area is 223 Å². The van der Waals surface area contributed by atoms with E-state index in [1.807, 2.05) is 27.7 Å². The molecule has 0 bridgehead atoms. The third-order valence-electron chi connectivity index (χ3n) is 8.63. The second-order valence-corrected chi connectivity index (χ2v) is 12.9. The Morgan fingerprint density at radius 3 is 1.78 bits per heavy atom. The first-order chi connectivity index (χ1) is 16.6. The minimum Gasteiger partial charge on any atom is -0.427 e. The van der Waals surface area contributed by atoms with E-state index in [0.29, 0.717) is 7.48 Å². The first-order valence-corrected chi connectivity index (χ1v) is 14.5. The standard InChI is InChI=1S/C30H54B2O4/c1-11-13-15-17-19-23-22-26(32-35-29(7,8)30(9,10)36-32)24(20-18-16-14-12-2)21-25(23)31-34-28(5,6)27(3,4)33/h21-22,31,33H,11-20H2,1-10H3. The zero-order valence-electron chi connectivity index (χ0n) is 25.2. The van der Waals surface area contributed by atoms with E-state index < -0.39 is 11.2 Å². The smallest absolute Gasteiger partial charge is 0.427 e. The SMILES string of the molecule is CCCCCCc1cc(B2OC(C)(C)C(C)(C)O2)c(CCCCCC)cc1BOC(C)(C)C(C)(C)O. The second-order valence-electron chi connectivity index (χ2n) is 12.9. The van der Waals surface area contributed by atoms with Crippen LogP contribution >= 0.6 is 0 Å². The molecule has 0 aromatic heterocycles. The average molecular weight is 500 g/mol. The molecule has 204 valence electrons. The Hall–Kier alpha value is -0.810. The summed E-state index contributed by atoms with van der Waals surface area (Å²) < 4.78 is 19.4. The van der Waals surface area contributed by atoms with Crippen LogP contribution in [0.25, 0.3) is 0 Å². The van der Waals surface area contributed by atoms with Gasteiger partial charge in [-0.05, 0) is 97.6 Å². The van der Waals surface area contributed by atoms with Gasteiger partial charge in [0.2, 0.25) is 0 Å². The van der Waals surface area contributed by atoms with E-state index in [0.717, 1.165) is 25.7 Å². The molecule has 1 aliphatic heterocycles. The van der Waals surface area contributed by atoms with Crippen molar-refractivity contribution in [1.29, 1.82) is 0 Å². The summed E-state index contributed by atoms with van der Waals surface area (Å²) in [4.78, 5) is 0. The normalized spacial score (nSPS) is 17.6. The van der Waals surface area contributed by atoms with Crippen LogP contribution in [0, 0.1) is 0 Å². The molecule has 4 nitrogen and oxygen atoms in total. The topological polar surface area (TPSA) is 47.9 Å². The molecule has 0 aliphatic carbocycles. The molecule has 1 aromatic carbocycles. The van der Waals surface area contributed by atoms with Crippen LogP contribution in [0.2, 0.25) is 0 Å². The predicted molar refractivity (Wildman–Crippen MR) is 156 cm³/mol. The van der Waals surface area contributed by atoms with Crippen LogP contribution < -0.4 is 10.9 Å². The van der Waals surface area contributed by atoms with Gasteiger partial charge >= 0.3 is 14.6 Å². The molecular formula is C30H54B2O4. The summed E-state index contributed by atoms with van der Waals surface area (Å²) in [5.74, 6) is 0. The van der Waals surface area contributed by atoms with Crippen molar-refractivity contribution in [3.8, 4) is 0 Å². The lowest BCUT2D eigenvalue weighted by atomic mass is 9.69. The van der Waals surface area contributed by atoms with Gasteiger partial charge in [0.1, 0.15) is 0 Å². The number of benzene rings is 1. The van der Waals surface area contributed by atoms with Gasteiger partial charge in [0.25, 0.3) is 0 Å². The molecule has 36 heavy (non-hydrogen) atoms. The Kier molecular flexibility index (Phi) is 11.2. The summed E-state index contributed by atoms with van der Waals surface area (Å²) in [5.41, 5.74) is 2.73. The minimum absolute atomic E-state index is 0.353. The summed E-state index contributed by atoms with van der Waals surface area (Å²) in [5, 5.41) is 10.6. The third-order valence-corrected chi connectivity index (χ3v) is 8.63. The molecule has 1 N–H and O–H groups in total. The number of hydrogen-bond acceptors (Lipinski definition) is 4. The molecule has 0 radical (unpaired) electrons. The lowest BCUT2D eigenvalue weighted by Gasteiger charge is -2.38. The highest BCUT2D eigenvalue weighted by molar-refractivity contribution is 6.63. The summed E-state index contributed by atoms with van der Waals surface area (Å²) >= 11 is 0. The van der Waals surface area contributed by atoms with Gasteiger partial charge < -0.3 is 19.1 Å². The lowest BCUT2D eigenvalue weighted by molar-refractivity contribution is -0.0893. The van der Waals surface area contributed by atoms with Crippen molar-refractivity contribution in [3.63, 3.8) is 0 Å². The van der Waals surface area contributed by atoms with E-state index in [2.05, 4.69) is 53.7 Å². The summed E-state index contributed by atoms with van der Waals surface area (Å²) in [7, 11) is 0.138. The average Bonchev–Trinajstić information content (AvgIpc) is 2.99. The highest BCUT2D eigenvalue weighted by atomic mass is 16.7. The molecule has 0 amide bonds. The van der Waals surface area contributed by atoms with E-state index in [-0.39, 0.29) is 18.3 Å². The molecule has 1 aliphatic rings. The van der Waals surface area contributed by atoms with Crippen molar-refractivity contribution in [2.24, 2.45) is 0 Å². The van der Waals surface area contributed by atoms with Crippen molar-refractivity contribution >= 4 is 25.5 Å². The van der Waals surface area contributed by atoms with Crippen molar-refractivity contribution in [2.75, 3.05) is 0 Å². The fourth-order valence-electron chi connectivity index (χ4n) is 4.45. The highest BCUT2D eigenvalue weighted by Gasteiger charge is 2.52. The maximum Gasteiger partial charge on any atom is 0.495 e. The van der Waals surface area contributed by atoms with Crippen LogP contribution in [-0.4, -0.2) is 42.1 Å². The van der Waals surface area contributed by atoms with Gasteiger partial charge in [0.05, 0.1) is 22.4 Å². The summed E-state index contributed by atoms with van der Waals surface area (Å²) in [6.45, 7) is 20.6. The van der Waals surface area contributed by atoms with Gasteiger partial charge in [-0.3, -0.25) is 0 Å². The van der Waals surface area contributed by atoms with E-state index in [9.17, 15) is 5.11 Å². The zero-order chi connectivity index (χ0) is 27.2. The van der Waals surface area contributed by atoms with E-state index in [1.165, 1.54) is 60.6 Å². The second kappa shape index (κ2) is 12.8. The largest absolute Gasteiger partial charge is 0.495 e. The molecule has 1 aromatic rings. The number of rotatable bonds is 15. The molecular weight excluding hydrogens is 446 g/mol. The molecule has 6 heteroatoms. The molecule has 1 saturated heterocycles. The number of aryl methyl sites for hydroxylation is 2. The molecule has 0 atom stereocenters. The van der Waals surface area contributed by atoms with Gasteiger partial charge in [0, 0.05) is 0 Å². The van der Waals surface area contributed by atoms with Crippen LogP contribution in [0.15, 0.2) is 12.1 Å². The predicted octanol–water partition coefficient (Wildman–Crippen LogP) is 5.77. The van der Waals surface area contributed by atoms with Crippen molar-refractivity contribution in [3.05, 3.63) is 23.3 Å². The Balaban J connectivity index is 2.44. The van der Waals surface area contributed by atoms with Gasteiger partial charge in [0.15, 0.2) is 0 Å². The zero-order valence-corrected chi connectivity index (χ0v) is 25.2. The molecule has 1 fully saturated rings. The van der Waals surface area contributed by atoms with Crippen LogP contribution in [-0.2, 0) is 26.8 Å². The Morgan fingerprint density at radius 1 is 0.806 bits per heavy atom. The molecule has 0 saturated carbocycles. The van der Waals surface area contributed by atoms with Gasteiger partial charge in [-0.25, -0.2) is 0 Å². The van der Waals surface area contributed by atoms with Gasteiger partial charge in [-0.15, -0.1) is 0 Å². The monoisotopic (exact) mass is 500 g/mol. The van der Waals surface area contributed by atoms with Crippen LogP contribution in [0.4, 0.5) is 0 Å². The van der Waals surface area contributed by atoms with E-state index in [1.54, 1.807) is 0 Å². The fourth-order valence-corrected chi connectivity index (χ4v) is 4.45. The first-order valence-electron chi connectivity index (χ1n) is 14.5. The molecule has 0 spiro atoms. The summed E-state index contributed by atoms with van der Waals surface area (Å²) in [6.07, 6.45) is 11.8. The third kappa shape index (κ3) is 8.09. The highest BCUT2D eigenvalue weighted by Crippen LogP contribution is 2.37. The minimum atomic E-state index is -0.931. The molecule has 2 rings (SSSR count). The van der Waals surface area contributed by atoms with Crippen LogP contribution in [0.5, 0.6) is 0 Å². The van der Waals surface area contributed by atoms with E-state index >= 15 is 0 Å². The quantitative estimate of drug-likeness (QED) is 0.245. The van der Waals surface area contributed by atoms with Crippen LogP contribution in [0.3, 0.4) is 0 Å². The van der Waals surface area contributed by atoms with E-state index in [4.69, 9.17) is 14.0 Å². The van der Waals surface area contributed by atoms with Gasteiger partial charge in [-0.1, -0.05) is 70.1 Å². The number of aliphatic hydroxyl groups is 1. The molecule has 1 heterocycles. The Morgan fingerprint density at radius 2 is 1.31 bits per heavy atom. The first kappa shape index (κ1) is 31.4. The van der Waals surface area contributed by atoms with Crippen LogP contribution in [0.1, 0.15) is 132 Å². The maximum atomic E-state index is 10.6. The number of hydrogen-bond donors (Lipinski definition) is 1.